The summed E-state index contributed by atoms with van der Waals surface area (Å²) < 4.78 is 85.6. The zero-order valence-corrected chi connectivity index (χ0v) is 20.7. The molecule has 0 spiro atoms. The van der Waals surface area contributed by atoms with Crippen LogP contribution in [0.3, 0.4) is 0 Å². The van der Waals surface area contributed by atoms with Crippen LogP contribution in [0.25, 0.3) is 0 Å². The summed E-state index contributed by atoms with van der Waals surface area (Å²) >= 11 is 0. The van der Waals surface area contributed by atoms with Crippen molar-refractivity contribution in [2.45, 2.75) is 70.4 Å². The van der Waals surface area contributed by atoms with Gasteiger partial charge in [0.05, 0.1) is 22.2 Å². The lowest BCUT2D eigenvalue weighted by Crippen LogP contribution is -2.50. The number of alkyl halides is 6. The fourth-order valence-electron chi connectivity index (χ4n) is 5.54. The van der Waals surface area contributed by atoms with Gasteiger partial charge in [-0.25, -0.2) is 4.79 Å². The van der Waals surface area contributed by atoms with Crippen molar-refractivity contribution in [1.82, 2.24) is 5.06 Å². The van der Waals surface area contributed by atoms with E-state index in [4.69, 9.17) is 4.74 Å². The topological polar surface area (TPSA) is 49.4 Å². The van der Waals surface area contributed by atoms with Crippen LogP contribution in [-0.4, -0.2) is 16.6 Å². The first-order valence-electron chi connectivity index (χ1n) is 11.6. The molecule has 1 saturated heterocycles. The Labute approximate surface area is 210 Å². The molecule has 1 aliphatic heterocycles. The van der Waals surface area contributed by atoms with E-state index < -0.39 is 51.5 Å². The van der Waals surface area contributed by atoms with Crippen molar-refractivity contribution in [2.75, 3.05) is 0 Å². The Hall–Kier alpha value is -2.85. The van der Waals surface area contributed by atoms with Crippen LogP contribution in [0.1, 0.15) is 74.0 Å². The van der Waals surface area contributed by atoms with Crippen molar-refractivity contribution < 1.29 is 41.1 Å². The minimum absolute atomic E-state index is 0.0440. The van der Waals surface area contributed by atoms with Gasteiger partial charge in [0.25, 0.3) is 0 Å². The quantitative estimate of drug-likeness (QED) is 0.305. The number of carbonyl (C=O) groups excluding carboxylic acids is 1. The summed E-state index contributed by atoms with van der Waals surface area (Å²) in [6, 6.07) is 9.56. The van der Waals surface area contributed by atoms with Crippen LogP contribution >= 0.6 is 0 Å². The Bertz CT molecular complexity index is 1210. The van der Waals surface area contributed by atoms with Gasteiger partial charge in [0, 0.05) is 12.0 Å². The van der Waals surface area contributed by atoms with Crippen molar-refractivity contribution in [3.63, 3.8) is 0 Å². The van der Waals surface area contributed by atoms with Gasteiger partial charge in [-0.1, -0.05) is 44.2 Å². The zero-order chi connectivity index (χ0) is 27.6. The minimum Gasteiger partial charge on any atom is -0.427 e. The average molecular weight is 526 g/mol. The number of esters is 1. The summed E-state index contributed by atoms with van der Waals surface area (Å²) in [5.74, 6) is -1.25. The number of ether oxygens (including phenoxy) is 1. The van der Waals surface area contributed by atoms with Crippen molar-refractivity contribution >= 4 is 5.97 Å². The third-order valence-electron chi connectivity index (χ3n) is 7.01. The molecule has 10 heteroatoms. The number of rotatable bonds is 3. The van der Waals surface area contributed by atoms with E-state index in [1.54, 1.807) is 44.2 Å². The van der Waals surface area contributed by atoms with Crippen LogP contribution in [-0.2, 0) is 27.8 Å². The maximum Gasteiger partial charge on any atom is 0.416 e. The molecule has 1 aliphatic carbocycles. The second kappa shape index (κ2) is 8.59. The van der Waals surface area contributed by atoms with E-state index in [0.717, 1.165) is 5.06 Å². The summed E-state index contributed by atoms with van der Waals surface area (Å²) in [6.07, 6.45) is -9.44. The number of hydrogen-bond acceptors (Lipinski definition) is 3. The molecule has 1 fully saturated rings. The standard InChI is InChI=1S/C27H26F6NO3/c1-23(2)14-21(20-13-24(3,4)34(36)25(20,15-23)17-8-6-5-7-9-17)37-22(35)16-10-18(26(28,29)30)12-19(11-16)27(31,32)33/h5-12H,13-15H2,1-4H3/t25-/m1/s1. The van der Waals surface area contributed by atoms with E-state index in [9.17, 15) is 36.3 Å². The highest BCUT2D eigenvalue weighted by Gasteiger charge is 2.61. The van der Waals surface area contributed by atoms with Crippen LogP contribution in [0.4, 0.5) is 26.3 Å². The highest BCUT2D eigenvalue weighted by molar-refractivity contribution is 5.90. The van der Waals surface area contributed by atoms with E-state index in [1.807, 2.05) is 13.8 Å². The van der Waals surface area contributed by atoms with Gasteiger partial charge in [0.2, 0.25) is 0 Å². The monoisotopic (exact) mass is 526 g/mol. The summed E-state index contributed by atoms with van der Waals surface area (Å²) in [5.41, 5.74) is -5.59. The van der Waals surface area contributed by atoms with Crippen LogP contribution in [0.5, 0.6) is 0 Å². The Kier molecular flexibility index (Phi) is 6.31. The summed E-state index contributed by atoms with van der Waals surface area (Å²) in [5, 5.41) is 14.8. The van der Waals surface area contributed by atoms with Crippen molar-refractivity contribution in [2.24, 2.45) is 5.41 Å². The minimum atomic E-state index is -5.11. The molecule has 1 heterocycles. The second-order valence-corrected chi connectivity index (χ2v) is 11.1. The van der Waals surface area contributed by atoms with Crippen molar-refractivity contribution in [1.29, 1.82) is 0 Å². The molecule has 199 valence electrons. The smallest absolute Gasteiger partial charge is 0.416 e. The second-order valence-electron chi connectivity index (χ2n) is 11.1. The lowest BCUT2D eigenvalue weighted by molar-refractivity contribution is -0.260. The fraction of sp³-hybridized carbons (Fsp3) is 0.444. The molecule has 2 aromatic carbocycles. The SMILES string of the molecule is CC1(C)CC(OC(=O)c2cc(C(F)(F)F)cc(C(F)(F)F)c2)=C2CC(C)(C)N([O])[C@@]2(c2ccccc2)C1. The van der Waals surface area contributed by atoms with Crippen molar-refractivity contribution in [3.05, 3.63) is 82.1 Å². The molecule has 0 saturated carbocycles. The van der Waals surface area contributed by atoms with Gasteiger partial charge in [-0.2, -0.15) is 26.3 Å². The van der Waals surface area contributed by atoms with Crippen LogP contribution in [0, 0.1) is 5.41 Å². The molecule has 0 amide bonds. The van der Waals surface area contributed by atoms with E-state index in [-0.39, 0.29) is 24.7 Å². The third-order valence-corrected chi connectivity index (χ3v) is 7.01. The number of hydroxylamine groups is 2. The third kappa shape index (κ3) is 4.88. The number of carbonyl (C=O) groups is 1. The van der Waals surface area contributed by atoms with E-state index in [2.05, 4.69) is 0 Å². The van der Waals surface area contributed by atoms with Crippen LogP contribution < -0.4 is 0 Å². The summed E-state index contributed by atoms with van der Waals surface area (Å²) in [6.45, 7) is 7.22. The Balaban J connectivity index is 1.85. The lowest BCUT2D eigenvalue weighted by atomic mass is 9.65. The number of allylic oxidation sites excluding steroid dienone is 1. The summed E-state index contributed by atoms with van der Waals surface area (Å²) in [4.78, 5) is 13.1. The molecule has 1 radical (unpaired) electrons. The highest BCUT2D eigenvalue weighted by atomic mass is 19.4. The highest BCUT2D eigenvalue weighted by Crippen LogP contribution is 2.60. The van der Waals surface area contributed by atoms with Gasteiger partial charge in [0.1, 0.15) is 5.76 Å². The van der Waals surface area contributed by atoms with Crippen molar-refractivity contribution in [3.8, 4) is 0 Å². The normalized spacial score (nSPS) is 23.6. The molecule has 4 rings (SSSR count). The average Bonchev–Trinajstić information content (AvgIpc) is 2.99. The molecular weight excluding hydrogens is 500 g/mol. The van der Waals surface area contributed by atoms with Crippen LogP contribution in [0.2, 0.25) is 0 Å². The molecule has 0 N–H and O–H groups in total. The van der Waals surface area contributed by atoms with Gasteiger partial charge < -0.3 is 4.74 Å². The van der Waals surface area contributed by atoms with Gasteiger partial charge in [-0.05, 0) is 61.4 Å². The Morgan fingerprint density at radius 2 is 1.41 bits per heavy atom. The zero-order valence-electron chi connectivity index (χ0n) is 20.7. The van der Waals surface area contributed by atoms with Crippen LogP contribution in [0.15, 0.2) is 59.9 Å². The molecule has 1 atom stereocenters. The predicted octanol–water partition coefficient (Wildman–Crippen LogP) is 7.68. The van der Waals surface area contributed by atoms with Gasteiger partial charge in [-0.15, -0.1) is 10.3 Å². The Morgan fingerprint density at radius 3 is 1.92 bits per heavy atom. The summed E-state index contributed by atoms with van der Waals surface area (Å²) in [7, 11) is 0. The maximum atomic E-state index is 13.8. The van der Waals surface area contributed by atoms with Gasteiger partial charge in [0.15, 0.2) is 0 Å². The van der Waals surface area contributed by atoms with Gasteiger partial charge in [-0.3, -0.25) is 0 Å². The molecule has 0 bridgehead atoms. The number of fused-ring (bicyclic) bond motifs is 1. The number of hydrogen-bond donors (Lipinski definition) is 0. The first-order chi connectivity index (χ1) is 16.9. The first kappa shape index (κ1) is 27.2. The molecule has 2 aliphatic rings. The molecule has 37 heavy (non-hydrogen) atoms. The number of halogens is 6. The largest absolute Gasteiger partial charge is 0.427 e. The molecule has 4 nitrogen and oxygen atoms in total. The number of benzene rings is 2. The van der Waals surface area contributed by atoms with E-state index in [1.165, 1.54) is 0 Å². The Morgan fingerprint density at radius 1 is 0.865 bits per heavy atom. The number of nitrogens with zero attached hydrogens (tertiary/aromatic N) is 1. The predicted molar refractivity (Wildman–Crippen MR) is 121 cm³/mol. The lowest BCUT2D eigenvalue weighted by Gasteiger charge is -2.46. The van der Waals surface area contributed by atoms with E-state index in [0.29, 0.717) is 29.7 Å². The maximum absolute atomic E-state index is 13.8. The molecule has 0 unspecified atom stereocenters. The molecule has 0 aromatic heterocycles. The fourth-order valence-corrected chi connectivity index (χ4v) is 5.54. The first-order valence-corrected chi connectivity index (χ1v) is 11.6. The van der Waals surface area contributed by atoms with E-state index >= 15 is 0 Å². The molecular formula is C27H26F6NO3. The van der Waals surface area contributed by atoms with Gasteiger partial charge >= 0.3 is 18.3 Å². The molecule has 2 aromatic rings.